The van der Waals surface area contributed by atoms with Crippen LogP contribution in [0, 0.1) is 15.9 Å². The first-order valence-corrected chi connectivity index (χ1v) is 5.36. The van der Waals surface area contributed by atoms with E-state index in [1.807, 2.05) is 0 Å². The van der Waals surface area contributed by atoms with Crippen molar-refractivity contribution in [2.45, 2.75) is 19.4 Å². The van der Waals surface area contributed by atoms with Crippen molar-refractivity contribution in [2.75, 3.05) is 0 Å². The minimum Gasteiger partial charge on any atom is -0.334 e. The minimum absolute atomic E-state index is 0.0175. The molecule has 0 saturated heterocycles. The third-order valence-corrected chi connectivity index (χ3v) is 2.34. The Labute approximate surface area is 107 Å². The lowest BCUT2D eigenvalue weighted by Crippen LogP contribution is -2.30. The molecule has 0 bridgehead atoms. The number of nitro benzene ring substituents is 1. The highest BCUT2D eigenvalue weighted by Gasteiger charge is 2.23. The van der Waals surface area contributed by atoms with Gasteiger partial charge in [0.05, 0.1) is 16.5 Å². The quantitative estimate of drug-likeness (QED) is 0.672. The van der Waals surface area contributed by atoms with Gasteiger partial charge < -0.3 is 10.3 Å². The predicted octanol–water partition coefficient (Wildman–Crippen LogP) is 1.98. The van der Waals surface area contributed by atoms with Gasteiger partial charge in [-0.1, -0.05) is 5.16 Å². The Morgan fingerprint density at radius 2 is 2.11 bits per heavy atom. The van der Waals surface area contributed by atoms with Gasteiger partial charge in [0.1, 0.15) is 5.82 Å². The fraction of sp³-hybridized carbons (Fsp3) is 0.273. The van der Waals surface area contributed by atoms with Crippen molar-refractivity contribution < 1.29 is 13.8 Å². The normalized spacial score (nSPS) is 11.6. The van der Waals surface area contributed by atoms with E-state index in [1.54, 1.807) is 13.8 Å². The Morgan fingerprint density at radius 3 is 2.63 bits per heavy atom. The van der Waals surface area contributed by atoms with Crippen LogP contribution in [0.2, 0.25) is 0 Å². The molecular formula is C11H11FN4O3. The minimum atomic E-state index is -0.818. The molecule has 2 N–H and O–H groups in total. The van der Waals surface area contributed by atoms with Crippen molar-refractivity contribution in [3.63, 3.8) is 0 Å². The molecule has 0 aliphatic carbocycles. The van der Waals surface area contributed by atoms with Crippen LogP contribution in [0.25, 0.3) is 11.5 Å². The van der Waals surface area contributed by atoms with E-state index in [9.17, 15) is 14.5 Å². The van der Waals surface area contributed by atoms with E-state index in [4.69, 9.17) is 10.3 Å². The van der Waals surface area contributed by atoms with Crippen LogP contribution in [0.3, 0.4) is 0 Å². The first-order valence-electron chi connectivity index (χ1n) is 5.36. The van der Waals surface area contributed by atoms with Crippen LogP contribution in [-0.4, -0.2) is 15.1 Å². The van der Waals surface area contributed by atoms with Crippen molar-refractivity contribution in [2.24, 2.45) is 5.73 Å². The summed E-state index contributed by atoms with van der Waals surface area (Å²) < 4.78 is 18.2. The zero-order valence-electron chi connectivity index (χ0n) is 10.3. The standard InChI is InChI=1S/C11H11FN4O3/c1-11(2,13)10-14-9(19-15-10)6-3-7(12)5-8(4-6)16(17)18/h3-5H,13H2,1-2H3. The summed E-state index contributed by atoms with van der Waals surface area (Å²) in [6, 6.07) is 3.05. The summed E-state index contributed by atoms with van der Waals surface area (Å²) in [5.74, 6) is -0.540. The zero-order chi connectivity index (χ0) is 14.2. The number of nitro groups is 1. The maximum absolute atomic E-state index is 13.3. The molecule has 1 aromatic carbocycles. The van der Waals surface area contributed by atoms with Gasteiger partial charge in [0.15, 0.2) is 5.82 Å². The molecule has 0 fully saturated rings. The summed E-state index contributed by atoms with van der Waals surface area (Å²) in [5.41, 5.74) is 4.72. The van der Waals surface area contributed by atoms with E-state index in [1.165, 1.54) is 0 Å². The van der Waals surface area contributed by atoms with Crippen molar-refractivity contribution >= 4 is 5.69 Å². The second kappa shape index (κ2) is 4.39. The largest absolute Gasteiger partial charge is 0.334 e. The number of rotatable bonds is 3. The van der Waals surface area contributed by atoms with Gasteiger partial charge in [-0.3, -0.25) is 10.1 Å². The van der Waals surface area contributed by atoms with Crippen LogP contribution in [0.5, 0.6) is 0 Å². The molecule has 1 aromatic heterocycles. The molecule has 19 heavy (non-hydrogen) atoms. The third-order valence-electron chi connectivity index (χ3n) is 2.34. The first-order chi connectivity index (χ1) is 8.77. The highest BCUT2D eigenvalue weighted by Crippen LogP contribution is 2.25. The van der Waals surface area contributed by atoms with E-state index in [-0.39, 0.29) is 23.0 Å². The van der Waals surface area contributed by atoms with E-state index >= 15 is 0 Å². The van der Waals surface area contributed by atoms with Gasteiger partial charge in [0, 0.05) is 11.6 Å². The Bertz CT molecular complexity index is 633. The van der Waals surface area contributed by atoms with Crippen molar-refractivity contribution in [3.8, 4) is 11.5 Å². The summed E-state index contributed by atoms with van der Waals surface area (Å²) >= 11 is 0. The summed E-state index contributed by atoms with van der Waals surface area (Å²) in [6.07, 6.45) is 0. The number of benzene rings is 1. The smallest absolute Gasteiger partial charge is 0.273 e. The maximum atomic E-state index is 13.3. The van der Waals surface area contributed by atoms with Crippen molar-refractivity contribution in [3.05, 3.63) is 40.0 Å². The lowest BCUT2D eigenvalue weighted by Gasteiger charge is -2.11. The lowest BCUT2D eigenvalue weighted by atomic mass is 10.1. The number of nitrogens with two attached hydrogens (primary N) is 1. The Hall–Kier alpha value is -2.35. The molecule has 7 nitrogen and oxygen atoms in total. The second-order valence-electron chi connectivity index (χ2n) is 4.60. The van der Waals surface area contributed by atoms with Crippen molar-refractivity contribution in [1.82, 2.24) is 10.1 Å². The molecule has 1 heterocycles. The molecule has 0 aliphatic rings. The molecule has 2 rings (SSSR count). The topological polar surface area (TPSA) is 108 Å². The highest BCUT2D eigenvalue weighted by molar-refractivity contribution is 5.57. The summed E-state index contributed by atoms with van der Waals surface area (Å²) in [4.78, 5) is 14.0. The van der Waals surface area contributed by atoms with Crippen LogP contribution >= 0.6 is 0 Å². The first kappa shape index (κ1) is 13.1. The Morgan fingerprint density at radius 1 is 1.42 bits per heavy atom. The van der Waals surface area contributed by atoms with E-state index in [2.05, 4.69) is 10.1 Å². The predicted molar refractivity (Wildman–Crippen MR) is 63.6 cm³/mol. The Balaban J connectivity index is 2.47. The average Bonchev–Trinajstić information content (AvgIpc) is 2.76. The maximum Gasteiger partial charge on any atom is 0.273 e. The SMILES string of the molecule is CC(C)(N)c1noc(-c2cc(F)cc([N+](=O)[O-])c2)n1. The molecule has 100 valence electrons. The van der Waals surface area contributed by atoms with E-state index in [0.717, 1.165) is 18.2 Å². The summed E-state index contributed by atoms with van der Waals surface area (Å²) in [6.45, 7) is 3.35. The lowest BCUT2D eigenvalue weighted by molar-refractivity contribution is -0.385. The van der Waals surface area contributed by atoms with Crippen LogP contribution in [0.15, 0.2) is 22.7 Å². The molecule has 0 saturated carbocycles. The van der Waals surface area contributed by atoms with Gasteiger partial charge in [-0.2, -0.15) is 4.98 Å². The number of hydrogen-bond donors (Lipinski definition) is 1. The monoisotopic (exact) mass is 266 g/mol. The molecule has 0 unspecified atom stereocenters. The molecule has 0 spiro atoms. The second-order valence-corrected chi connectivity index (χ2v) is 4.60. The zero-order valence-corrected chi connectivity index (χ0v) is 10.3. The van der Waals surface area contributed by atoms with Gasteiger partial charge in [0.2, 0.25) is 0 Å². The third kappa shape index (κ3) is 2.74. The number of nitrogens with zero attached hydrogens (tertiary/aromatic N) is 3. The number of halogens is 1. The fourth-order valence-corrected chi connectivity index (χ4v) is 1.41. The van der Waals surface area contributed by atoms with Gasteiger partial charge in [-0.05, 0) is 19.9 Å². The van der Waals surface area contributed by atoms with E-state index < -0.39 is 16.3 Å². The molecular weight excluding hydrogens is 255 g/mol. The molecule has 0 radical (unpaired) electrons. The van der Waals surface area contributed by atoms with E-state index in [0.29, 0.717) is 0 Å². The average molecular weight is 266 g/mol. The van der Waals surface area contributed by atoms with Gasteiger partial charge >= 0.3 is 0 Å². The van der Waals surface area contributed by atoms with Crippen LogP contribution < -0.4 is 5.73 Å². The molecule has 0 atom stereocenters. The molecule has 8 heteroatoms. The Kier molecular flexibility index (Phi) is 3.03. The van der Waals surface area contributed by atoms with Gasteiger partial charge in [-0.25, -0.2) is 4.39 Å². The number of aromatic nitrogens is 2. The fourth-order valence-electron chi connectivity index (χ4n) is 1.41. The highest BCUT2D eigenvalue weighted by atomic mass is 19.1. The summed E-state index contributed by atoms with van der Waals surface area (Å²) in [7, 11) is 0. The van der Waals surface area contributed by atoms with Crippen molar-refractivity contribution in [1.29, 1.82) is 0 Å². The van der Waals surface area contributed by atoms with Crippen LogP contribution in [0.4, 0.5) is 10.1 Å². The number of non-ortho nitro benzene ring substituents is 1. The number of hydrogen-bond acceptors (Lipinski definition) is 6. The van der Waals surface area contributed by atoms with Crippen LogP contribution in [0.1, 0.15) is 19.7 Å². The van der Waals surface area contributed by atoms with Crippen LogP contribution in [-0.2, 0) is 5.54 Å². The van der Waals surface area contributed by atoms with Gasteiger partial charge in [0.25, 0.3) is 11.6 Å². The molecule has 0 amide bonds. The molecule has 0 aliphatic heterocycles. The summed E-state index contributed by atoms with van der Waals surface area (Å²) in [5, 5.41) is 14.3. The van der Waals surface area contributed by atoms with Gasteiger partial charge in [-0.15, -0.1) is 0 Å². The molecule has 2 aromatic rings.